The van der Waals surface area contributed by atoms with E-state index in [2.05, 4.69) is 27.4 Å². The number of carbonyl (C=O) groups is 1. The average Bonchev–Trinajstić information content (AvgIpc) is 2.95. The summed E-state index contributed by atoms with van der Waals surface area (Å²) in [6, 6.07) is 6.30. The van der Waals surface area contributed by atoms with Crippen LogP contribution in [0.25, 0.3) is 0 Å². The summed E-state index contributed by atoms with van der Waals surface area (Å²) in [6.45, 7) is 5.01. The van der Waals surface area contributed by atoms with Gasteiger partial charge < -0.3 is 15.5 Å². The number of pyridine rings is 1. The SMILES string of the molecule is CC1CCNC1C(=O)NC1CCN(c2ccccn2)CC1. The summed E-state index contributed by atoms with van der Waals surface area (Å²) in [5, 5.41) is 6.51. The highest BCUT2D eigenvalue weighted by atomic mass is 16.2. The van der Waals surface area contributed by atoms with Gasteiger partial charge in [0, 0.05) is 25.3 Å². The van der Waals surface area contributed by atoms with Crippen molar-refractivity contribution in [3.63, 3.8) is 0 Å². The highest BCUT2D eigenvalue weighted by molar-refractivity contribution is 5.82. The Morgan fingerprint density at radius 2 is 2.14 bits per heavy atom. The molecule has 3 heterocycles. The molecule has 0 bridgehead atoms. The maximum atomic E-state index is 12.3. The number of hydrogen-bond donors (Lipinski definition) is 2. The molecule has 1 aromatic rings. The zero-order valence-electron chi connectivity index (χ0n) is 12.6. The third kappa shape index (κ3) is 3.35. The molecule has 2 unspecified atom stereocenters. The van der Waals surface area contributed by atoms with E-state index < -0.39 is 0 Å². The highest BCUT2D eigenvalue weighted by Crippen LogP contribution is 2.19. The minimum absolute atomic E-state index is 0.00109. The Hall–Kier alpha value is -1.62. The van der Waals surface area contributed by atoms with E-state index >= 15 is 0 Å². The molecule has 0 spiro atoms. The summed E-state index contributed by atoms with van der Waals surface area (Å²) < 4.78 is 0. The molecule has 114 valence electrons. The van der Waals surface area contributed by atoms with Crippen molar-refractivity contribution < 1.29 is 4.79 Å². The van der Waals surface area contributed by atoms with E-state index in [4.69, 9.17) is 0 Å². The monoisotopic (exact) mass is 288 g/mol. The smallest absolute Gasteiger partial charge is 0.237 e. The van der Waals surface area contributed by atoms with E-state index in [1.165, 1.54) is 0 Å². The van der Waals surface area contributed by atoms with Crippen molar-refractivity contribution >= 4 is 11.7 Å². The first kappa shape index (κ1) is 14.3. The lowest BCUT2D eigenvalue weighted by molar-refractivity contribution is -0.124. The molecule has 2 fully saturated rings. The van der Waals surface area contributed by atoms with Crippen LogP contribution in [0.3, 0.4) is 0 Å². The van der Waals surface area contributed by atoms with Gasteiger partial charge in [0.25, 0.3) is 0 Å². The van der Waals surface area contributed by atoms with Crippen molar-refractivity contribution in [2.24, 2.45) is 5.92 Å². The molecule has 21 heavy (non-hydrogen) atoms. The van der Waals surface area contributed by atoms with Crippen molar-refractivity contribution in [2.75, 3.05) is 24.5 Å². The molecule has 1 amide bonds. The fourth-order valence-corrected chi connectivity index (χ4v) is 3.27. The van der Waals surface area contributed by atoms with Crippen LogP contribution < -0.4 is 15.5 Å². The quantitative estimate of drug-likeness (QED) is 0.876. The van der Waals surface area contributed by atoms with E-state index in [-0.39, 0.29) is 11.9 Å². The molecule has 2 atom stereocenters. The van der Waals surface area contributed by atoms with Crippen molar-refractivity contribution in [2.45, 2.75) is 38.3 Å². The molecule has 0 aliphatic carbocycles. The zero-order valence-corrected chi connectivity index (χ0v) is 12.6. The van der Waals surface area contributed by atoms with Gasteiger partial charge in [0.1, 0.15) is 5.82 Å². The maximum Gasteiger partial charge on any atom is 0.237 e. The van der Waals surface area contributed by atoms with E-state index in [0.717, 1.165) is 44.7 Å². The first-order chi connectivity index (χ1) is 10.2. The second-order valence-corrected chi connectivity index (χ2v) is 6.16. The third-order valence-corrected chi connectivity index (χ3v) is 4.63. The van der Waals surface area contributed by atoms with Gasteiger partial charge in [0.15, 0.2) is 0 Å². The van der Waals surface area contributed by atoms with E-state index in [0.29, 0.717) is 12.0 Å². The Morgan fingerprint density at radius 1 is 1.33 bits per heavy atom. The van der Waals surface area contributed by atoms with E-state index in [9.17, 15) is 4.79 Å². The Balaban J connectivity index is 1.49. The molecule has 2 N–H and O–H groups in total. The normalized spacial score (nSPS) is 26.8. The van der Waals surface area contributed by atoms with E-state index in [1.54, 1.807) is 0 Å². The van der Waals surface area contributed by atoms with Crippen LogP contribution in [0.4, 0.5) is 5.82 Å². The van der Waals surface area contributed by atoms with Crippen LogP contribution in [-0.4, -0.2) is 42.6 Å². The molecule has 5 heteroatoms. The molecular weight excluding hydrogens is 264 g/mol. The number of rotatable bonds is 3. The van der Waals surface area contributed by atoms with Crippen LogP contribution in [0, 0.1) is 5.92 Å². The standard InChI is InChI=1S/C16H24N4O/c1-12-5-9-18-15(12)16(21)19-13-6-10-20(11-7-13)14-4-2-3-8-17-14/h2-4,8,12-13,15,18H,5-7,9-11H2,1H3,(H,19,21). The van der Waals surface area contributed by atoms with Gasteiger partial charge in [-0.3, -0.25) is 4.79 Å². The number of amides is 1. The predicted octanol–water partition coefficient (Wildman–Crippen LogP) is 1.16. The van der Waals surface area contributed by atoms with Crippen molar-refractivity contribution in [3.8, 4) is 0 Å². The van der Waals surface area contributed by atoms with Gasteiger partial charge in [0.2, 0.25) is 5.91 Å². The van der Waals surface area contributed by atoms with Gasteiger partial charge in [0.05, 0.1) is 6.04 Å². The fourth-order valence-electron chi connectivity index (χ4n) is 3.27. The Kier molecular flexibility index (Phi) is 4.39. The first-order valence-corrected chi connectivity index (χ1v) is 7.94. The summed E-state index contributed by atoms with van der Waals surface area (Å²) in [5.41, 5.74) is 0. The number of hydrogen-bond acceptors (Lipinski definition) is 4. The van der Waals surface area contributed by atoms with Gasteiger partial charge in [-0.25, -0.2) is 4.98 Å². The number of piperidine rings is 1. The molecule has 2 aliphatic rings. The Bertz CT molecular complexity index is 470. The van der Waals surface area contributed by atoms with Crippen molar-refractivity contribution in [3.05, 3.63) is 24.4 Å². The lowest BCUT2D eigenvalue weighted by Crippen LogP contribution is -2.50. The first-order valence-electron chi connectivity index (χ1n) is 7.94. The molecule has 0 radical (unpaired) electrons. The summed E-state index contributed by atoms with van der Waals surface area (Å²) in [6.07, 6.45) is 4.90. The average molecular weight is 288 g/mol. The lowest BCUT2D eigenvalue weighted by atomic mass is 10.0. The second kappa shape index (κ2) is 6.43. The van der Waals surface area contributed by atoms with Crippen LogP contribution in [-0.2, 0) is 4.79 Å². The van der Waals surface area contributed by atoms with Crippen molar-refractivity contribution in [1.29, 1.82) is 0 Å². The summed E-state index contributed by atoms with van der Waals surface area (Å²) in [4.78, 5) is 19.0. The van der Waals surface area contributed by atoms with Crippen LogP contribution >= 0.6 is 0 Å². The van der Waals surface area contributed by atoms with Gasteiger partial charge in [-0.05, 0) is 43.9 Å². The molecule has 3 rings (SSSR count). The third-order valence-electron chi connectivity index (χ3n) is 4.63. The maximum absolute atomic E-state index is 12.3. The van der Waals surface area contributed by atoms with Gasteiger partial charge >= 0.3 is 0 Å². The Labute approximate surface area is 126 Å². The van der Waals surface area contributed by atoms with Crippen LogP contribution in [0.2, 0.25) is 0 Å². The molecule has 0 saturated carbocycles. The molecular formula is C16H24N4O. The largest absolute Gasteiger partial charge is 0.356 e. The fraction of sp³-hybridized carbons (Fsp3) is 0.625. The van der Waals surface area contributed by atoms with Crippen molar-refractivity contribution in [1.82, 2.24) is 15.6 Å². The molecule has 1 aromatic heterocycles. The number of anilines is 1. The number of nitrogens with zero attached hydrogens (tertiary/aromatic N) is 2. The van der Waals surface area contributed by atoms with Gasteiger partial charge in [-0.2, -0.15) is 0 Å². The zero-order chi connectivity index (χ0) is 14.7. The van der Waals surface area contributed by atoms with Crippen LogP contribution in [0.5, 0.6) is 0 Å². The minimum Gasteiger partial charge on any atom is -0.356 e. The molecule has 0 aromatic carbocycles. The highest BCUT2D eigenvalue weighted by Gasteiger charge is 2.31. The van der Waals surface area contributed by atoms with Gasteiger partial charge in [-0.15, -0.1) is 0 Å². The number of nitrogens with one attached hydrogen (secondary N) is 2. The minimum atomic E-state index is -0.00109. The molecule has 2 saturated heterocycles. The lowest BCUT2D eigenvalue weighted by Gasteiger charge is -2.33. The molecule has 5 nitrogen and oxygen atoms in total. The number of aromatic nitrogens is 1. The Morgan fingerprint density at radius 3 is 2.76 bits per heavy atom. The summed E-state index contributed by atoms with van der Waals surface area (Å²) in [7, 11) is 0. The summed E-state index contributed by atoms with van der Waals surface area (Å²) >= 11 is 0. The van der Waals surface area contributed by atoms with E-state index in [1.807, 2.05) is 24.4 Å². The summed E-state index contributed by atoms with van der Waals surface area (Å²) in [5.74, 6) is 1.66. The van der Waals surface area contributed by atoms with Gasteiger partial charge in [-0.1, -0.05) is 13.0 Å². The molecule has 2 aliphatic heterocycles. The van der Waals surface area contributed by atoms with Crippen LogP contribution in [0.15, 0.2) is 24.4 Å². The predicted molar refractivity (Wildman–Crippen MR) is 83.2 cm³/mol. The number of carbonyl (C=O) groups excluding carboxylic acids is 1. The van der Waals surface area contributed by atoms with Crippen LogP contribution in [0.1, 0.15) is 26.2 Å². The topological polar surface area (TPSA) is 57.3 Å². The second-order valence-electron chi connectivity index (χ2n) is 6.16.